The standard InChI is InChI=1S/C15H20O/c1-5-10-15(16-4,11-6-2)14-9-7-8-13(3)12-14/h5-9,12H,1-2,10-11H2,3-4H3. The van der Waals surface area contributed by atoms with Crippen LogP contribution in [-0.2, 0) is 10.3 Å². The van der Waals surface area contributed by atoms with Crippen LogP contribution in [0.2, 0.25) is 0 Å². The minimum Gasteiger partial charge on any atom is -0.373 e. The Bertz CT molecular complexity index is 355. The lowest BCUT2D eigenvalue weighted by molar-refractivity contribution is -0.00993. The van der Waals surface area contributed by atoms with Crippen molar-refractivity contribution in [2.24, 2.45) is 0 Å². The highest BCUT2D eigenvalue weighted by Gasteiger charge is 2.29. The Morgan fingerprint density at radius 1 is 1.25 bits per heavy atom. The van der Waals surface area contributed by atoms with Gasteiger partial charge in [0.15, 0.2) is 0 Å². The molecule has 0 bridgehead atoms. The average molecular weight is 216 g/mol. The summed E-state index contributed by atoms with van der Waals surface area (Å²) < 4.78 is 5.72. The molecule has 0 fully saturated rings. The minimum absolute atomic E-state index is 0.310. The normalized spacial score (nSPS) is 11.1. The highest BCUT2D eigenvalue weighted by Crippen LogP contribution is 2.33. The molecule has 0 saturated heterocycles. The van der Waals surface area contributed by atoms with Gasteiger partial charge in [-0.05, 0) is 25.3 Å². The molecule has 1 aromatic rings. The van der Waals surface area contributed by atoms with Crippen molar-refractivity contribution in [2.45, 2.75) is 25.4 Å². The topological polar surface area (TPSA) is 9.23 Å². The van der Waals surface area contributed by atoms with Crippen LogP contribution in [0.15, 0.2) is 49.6 Å². The molecule has 1 aromatic carbocycles. The first kappa shape index (κ1) is 12.7. The Morgan fingerprint density at radius 3 is 2.31 bits per heavy atom. The van der Waals surface area contributed by atoms with Crippen LogP contribution in [0.25, 0.3) is 0 Å². The molecule has 0 aliphatic heterocycles. The summed E-state index contributed by atoms with van der Waals surface area (Å²) in [7, 11) is 1.75. The van der Waals surface area contributed by atoms with Gasteiger partial charge in [-0.25, -0.2) is 0 Å². The lowest BCUT2D eigenvalue weighted by atomic mass is 9.86. The molecule has 0 heterocycles. The van der Waals surface area contributed by atoms with E-state index in [1.165, 1.54) is 11.1 Å². The van der Waals surface area contributed by atoms with Crippen LogP contribution in [0, 0.1) is 6.92 Å². The van der Waals surface area contributed by atoms with Crippen LogP contribution in [0.3, 0.4) is 0 Å². The number of methoxy groups -OCH3 is 1. The van der Waals surface area contributed by atoms with E-state index >= 15 is 0 Å². The first-order valence-electron chi connectivity index (χ1n) is 5.52. The molecule has 86 valence electrons. The van der Waals surface area contributed by atoms with E-state index in [1.54, 1.807) is 7.11 Å². The Labute approximate surface area is 98.5 Å². The molecule has 0 aliphatic carbocycles. The van der Waals surface area contributed by atoms with E-state index in [9.17, 15) is 0 Å². The molecule has 0 atom stereocenters. The van der Waals surface area contributed by atoms with Gasteiger partial charge in [0.25, 0.3) is 0 Å². The van der Waals surface area contributed by atoms with Crippen LogP contribution >= 0.6 is 0 Å². The van der Waals surface area contributed by atoms with Gasteiger partial charge in [0.2, 0.25) is 0 Å². The second-order valence-corrected chi connectivity index (χ2v) is 4.05. The van der Waals surface area contributed by atoms with Crippen molar-refractivity contribution in [3.63, 3.8) is 0 Å². The average Bonchev–Trinajstić information content (AvgIpc) is 2.28. The summed E-state index contributed by atoms with van der Waals surface area (Å²) in [6.07, 6.45) is 5.38. The number of ether oxygens (including phenoxy) is 1. The molecule has 0 aliphatic rings. The van der Waals surface area contributed by atoms with E-state index in [-0.39, 0.29) is 5.60 Å². The van der Waals surface area contributed by atoms with Crippen LogP contribution < -0.4 is 0 Å². The zero-order valence-corrected chi connectivity index (χ0v) is 10.2. The van der Waals surface area contributed by atoms with E-state index in [2.05, 4.69) is 44.3 Å². The molecule has 16 heavy (non-hydrogen) atoms. The number of benzene rings is 1. The Kier molecular flexibility index (Phi) is 4.51. The van der Waals surface area contributed by atoms with Gasteiger partial charge in [0, 0.05) is 7.11 Å². The zero-order chi connectivity index (χ0) is 12.0. The molecular formula is C15H20O. The van der Waals surface area contributed by atoms with Crippen molar-refractivity contribution in [3.05, 3.63) is 60.7 Å². The predicted octanol–water partition coefficient (Wildman–Crippen LogP) is 3.99. The van der Waals surface area contributed by atoms with Crippen LogP contribution in [0.4, 0.5) is 0 Å². The summed E-state index contributed by atoms with van der Waals surface area (Å²) in [5.41, 5.74) is 2.12. The van der Waals surface area contributed by atoms with Crippen molar-refractivity contribution in [2.75, 3.05) is 7.11 Å². The predicted molar refractivity (Wildman–Crippen MR) is 69.5 cm³/mol. The fourth-order valence-electron chi connectivity index (χ4n) is 2.00. The molecular weight excluding hydrogens is 196 g/mol. The van der Waals surface area contributed by atoms with Gasteiger partial charge < -0.3 is 4.74 Å². The third kappa shape index (κ3) is 2.61. The Hall–Kier alpha value is -1.34. The van der Waals surface area contributed by atoms with Crippen LogP contribution in [-0.4, -0.2) is 7.11 Å². The minimum atomic E-state index is -0.310. The van der Waals surface area contributed by atoms with Gasteiger partial charge in [0.1, 0.15) is 0 Å². The Balaban J connectivity index is 3.17. The van der Waals surface area contributed by atoms with Crippen molar-refractivity contribution < 1.29 is 4.74 Å². The fraction of sp³-hybridized carbons (Fsp3) is 0.333. The molecule has 0 amide bonds. The molecule has 0 aromatic heterocycles. The fourth-order valence-corrected chi connectivity index (χ4v) is 2.00. The van der Waals surface area contributed by atoms with Crippen molar-refractivity contribution in [1.29, 1.82) is 0 Å². The third-order valence-corrected chi connectivity index (χ3v) is 2.88. The summed E-state index contributed by atoms with van der Waals surface area (Å²) >= 11 is 0. The molecule has 1 heteroatoms. The van der Waals surface area contributed by atoms with E-state index in [4.69, 9.17) is 4.74 Å². The Morgan fingerprint density at radius 2 is 1.88 bits per heavy atom. The van der Waals surface area contributed by atoms with E-state index in [1.807, 2.05) is 12.2 Å². The first-order chi connectivity index (χ1) is 7.68. The quantitative estimate of drug-likeness (QED) is 0.653. The monoisotopic (exact) mass is 216 g/mol. The summed E-state index contributed by atoms with van der Waals surface area (Å²) in [4.78, 5) is 0. The largest absolute Gasteiger partial charge is 0.373 e. The van der Waals surface area contributed by atoms with E-state index < -0.39 is 0 Å². The van der Waals surface area contributed by atoms with Gasteiger partial charge in [-0.15, -0.1) is 13.2 Å². The van der Waals surface area contributed by atoms with Gasteiger partial charge in [-0.3, -0.25) is 0 Å². The smallest absolute Gasteiger partial charge is 0.0995 e. The van der Waals surface area contributed by atoms with Gasteiger partial charge >= 0.3 is 0 Å². The maximum absolute atomic E-state index is 5.72. The first-order valence-corrected chi connectivity index (χ1v) is 5.52. The number of aryl methyl sites for hydroxylation is 1. The van der Waals surface area contributed by atoms with E-state index in [0.717, 1.165) is 12.8 Å². The van der Waals surface area contributed by atoms with Crippen molar-refractivity contribution >= 4 is 0 Å². The summed E-state index contributed by atoms with van der Waals surface area (Å²) in [6, 6.07) is 8.41. The highest BCUT2D eigenvalue weighted by atomic mass is 16.5. The van der Waals surface area contributed by atoms with Crippen LogP contribution in [0.1, 0.15) is 24.0 Å². The zero-order valence-electron chi connectivity index (χ0n) is 10.2. The molecule has 0 N–H and O–H groups in total. The van der Waals surface area contributed by atoms with Gasteiger partial charge in [-0.2, -0.15) is 0 Å². The maximum Gasteiger partial charge on any atom is 0.0995 e. The molecule has 0 radical (unpaired) electrons. The summed E-state index contributed by atoms with van der Waals surface area (Å²) in [5, 5.41) is 0. The lowest BCUT2D eigenvalue weighted by Gasteiger charge is -2.31. The second-order valence-electron chi connectivity index (χ2n) is 4.05. The van der Waals surface area contributed by atoms with Crippen molar-refractivity contribution in [3.8, 4) is 0 Å². The van der Waals surface area contributed by atoms with Crippen LogP contribution in [0.5, 0.6) is 0 Å². The molecule has 0 unspecified atom stereocenters. The lowest BCUT2D eigenvalue weighted by Crippen LogP contribution is -2.27. The van der Waals surface area contributed by atoms with E-state index in [0.29, 0.717) is 0 Å². The van der Waals surface area contributed by atoms with Crippen molar-refractivity contribution in [1.82, 2.24) is 0 Å². The molecule has 1 nitrogen and oxygen atoms in total. The second kappa shape index (κ2) is 5.66. The number of rotatable bonds is 6. The summed E-state index contributed by atoms with van der Waals surface area (Å²) in [5.74, 6) is 0. The highest BCUT2D eigenvalue weighted by molar-refractivity contribution is 5.29. The summed E-state index contributed by atoms with van der Waals surface area (Å²) in [6.45, 7) is 9.71. The molecule has 0 spiro atoms. The molecule has 0 saturated carbocycles. The van der Waals surface area contributed by atoms with Gasteiger partial charge in [0.05, 0.1) is 5.60 Å². The van der Waals surface area contributed by atoms with Gasteiger partial charge in [-0.1, -0.05) is 42.0 Å². The number of hydrogen-bond donors (Lipinski definition) is 0. The number of hydrogen-bond acceptors (Lipinski definition) is 1. The molecule has 1 rings (SSSR count). The third-order valence-electron chi connectivity index (χ3n) is 2.88. The maximum atomic E-state index is 5.72. The SMILES string of the molecule is C=CCC(CC=C)(OC)c1cccc(C)c1.